The van der Waals surface area contributed by atoms with Crippen molar-refractivity contribution < 1.29 is 62.2 Å². The van der Waals surface area contributed by atoms with Crippen LogP contribution >= 0.6 is 12.1 Å². The maximum absolute atomic E-state index is 12.5. The largest absolute Gasteiger partial charge is 1.00 e. The Morgan fingerprint density at radius 2 is 2.04 bits per heavy atom. The predicted octanol–water partition coefficient (Wildman–Crippen LogP) is -4.77. The Balaban J connectivity index is 0.00000288. The quantitative estimate of drug-likeness (QED) is 0.287. The Hall–Kier alpha value is -0.820. The fourth-order valence-corrected chi connectivity index (χ4v) is 5.07. The van der Waals surface area contributed by atoms with Crippen molar-refractivity contribution in [1.82, 2.24) is 9.62 Å². The average molecular weight is 387 g/mol. The third-order valence-electron chi connectivity index (χ3n) is 3.68. The van der Waals surface area contributed by atoms with E-state index in [-0.39, 0.29) is 41.9 Å². The zero-order valence-corrected chi connectivity index (χ0v) is 17.1. The van der Waals surface area contributed by atoms with E-state index in [2.05, 4.69) is 13.9 Å². The number of carbonyl (C=O) groups is 3. The summed E-state index contributed by atoms with van der Waals surface area (Å²) in [5.74, 6) is -2.47. The molecule has 0 saturated carbocycles. The molecule has 0 bridgehead atoms. The van der Waals surface area contributed by atoms with E-state index in [1.807, 2.05) is 0 Å². The minimum atomic E-state index is -4.01. The topological polar surface area (TPSA) is 145 Å². The second kappa shape index (κ2) is 7.20. The number of sulfone groups is 1. The molecule has 0 aromatic heterocycles. The van der Waals surface area contributed by atoms with Crippen LogP contribution in [0.25, 0.3) is 0 Å². The van der Waals surface area contributed by atoms with Gasteiger partial charge >= 0.3 is 35.7 Å². The number of hydrogen-bond donors (Lipinski definition) is 1. The molecule has 13 heteroatoms. The molecule has 2 fully saturated rings. The van der Waals surface area contributed by atoms with Gasteiger partial charge in [-0.15, -0.1) is 0 Å². The number of carboxylic acids is 1. The van der Waals surface area contributed by atoms with Gasteiger partial charge in [0.1, 0.15) is 0 Å². The normalized spacial score (nSPS) is 27.7. The first-order chi connectivity index (χ1) is 10.6. The van der Waals surface area contributed by atoms with Gasteiger partial charge in [0.15, 0.2) is 20.9 Å². The first kappa shape index (κ1) is 21.2. The van der Waals surface area contributed by atoms with E-state index in [1.165, 1.54) is 13.8 Å². The van der Waals surface area contributed by atoms with Gasteiger partial charge in [0.25, 0.3) is 5.91 Å². The van der Waals surface area contributed by atoms with Gasteiger partial charge in [-0.05, 0) is 20.8 Å². The molecule has 10 nitrogen and oxygen atoms in total. The number of aliphatic carboxylic acids is 1. The monoisotopic (exact) mass is 387 g/mol. The van der Waals surface area contributed by atoms with Crippen molar-refractivity contribution in [2.45, 2.75) is 36.9 Å². The third kappa shape index (κ3) is 3.05. The number of nitrogens with one attached hydrogen (secondary N) is 1. The molecule has 2 aliphatic heterocycles. The van der Waals surface area contributed by atoms with Crippen LogP contribution in [-0.2, 0) is 24.2 Å². The Kier molecular flexibility index (Phi) is 6.36. The molecule has 0 aromatic rings. The second-order valence-corrected chi connectivity index (χ2v) is 8.48. The van der Waals surface area contributed by atoms with Gasteiger partial charge in [0.05, 0.1) is 35.5 Å². The zero-order chi connectivity index (χ0) is 17.6. The SMILES string of the molecule is CCOC(=O)NS/N=C1/C(=O)N2[C@@H](C(=O)[O-])C(C)(C)S(=O)(=O)[C@H]12.[Na+]. The van der Waals surface area contributed by atoms with Gasteiger partial charge in [-0.25, -0.2) is 17.9 Å². The third-order valence-corrected chi connectivity index (χ3v) is 6.95. The maximum atomic E-state index is 12.5. The van der Waals surface area contributed by atoms with E-state index in [0.29, 0.717) is 12.1 Å². The van der Waals surface area contributed by atoms with Gasteiger partial charge in [0.2, 0.25) is 0 Å². The maximum Gasteiger partial charge on any atom is 1.00 e. The minimum Gasteiger partial charge on any atom is -0.548 e. The standard InChI is InChI=1S/C11H15N3O7S2.Na/c1-4-21-10(18)13-22-12-5-7(15)14-6(9(16)17)11(2,3)23(19,20)8(5)14;/h6,8H,4H2,1-3H3,(H,13,18)(H,16,17);/q;+1/p-1/b12-5-;/t6-,8+;/m0./s1. The molecule has 1 N–H and O–H groups in total. The molecule has 24 heavy (non-hydrogen) atoms. The van der Waals surface area contributed by atoms with Crippen LogP contribution in [0.4, 0.5) is 4.79 Å². The van der Waals surface area contributed by atoms with Crippen molar-refractivity contribution in [3.8, 4) is 0 Å². The first-order valence-electron chi connectivity index (χ1n) is 6.51. The van der Waals surface area contributed by atoms with Crippen molar-refractivity contribution in [2.75, 3.05) is 6.61 Å². The summed E-state index contributed by atoms with van der Waals surface area (Å²) in [6.07, 6.45) is -0.798. The molecule has 0 unspecified atom stereocenters. The molecule has 2 atom stereocenters. The number of fused-ring (bicyclic) bond motifs is 1. The number of β-lactam (4-membered cyclic amide) rings is 1. The van der Waals surface area contributed by atoms with Crippen LogP contribution in [0.1, 0.15) is 20.8 Å². The molecule has 2 rings (SSSR count). The van der Waals surface area contributed by atoms with Crippen molar-refractivity contribution in [1.29, 1.82) is 0 Å². The van der Waals surface area contributed by atoms with E-state index in [1.54, 1.807) is 6.92 Å². The molecule has 0 radical (unpaired) electrons. The van der Waals surface area contributed by atoms with Crippen LogP contribution in [0, 0.1) is 0 Å². The molecule has 0 spiro atoms. The Labute approximate surface area is 164 Å². The van der Waals surface area contributed by atoms with Crippen LogP contribution in [0.5, 0.6) is 0 Å². The molecule has 0 aromatic carbocycles. The number of nitrogens with zero attached hydrogens (tertiary/aromatic N) is 2. The van der Waals surface area contributed by atoms with Crippen LogP contribution in [0.3, 0.4) is 0 Å². The van der Waals surface area contributed by atoms with Gasteiger partial charge in [0, 0.05) is 0 Å². The summed E-state index contributed by atoms with van der Waals surface area (Å²) in [5.41, 5.74) is -0.344. The van der Waals surface area contributed by atoms with Gasteiger partial charge in [-0.3, -0.25) is 4.79 Å². The smallest absolute Gasteiger partial charge is 0.548 e. The van der Waals surface area contributed by atoms with Gasteiger partial charge < -0.3 is 19.5 Å². The summed E-state index contributed by atoms with van der Waals surface area (Å²) in [5, 5.41) is 9.78. The zero-order valence-electron chi connectivity index (χ0n) is 13.4. The molecular formula is C11H14N3NaO7S2. The molecular weight excluding hydrogens is 373 g/mol. The van der Waals surface area contributed by atoms with Crippen LogP contribution in [-0.4, -0.2) is 59.8 Å². The number of amides is 2. The Bertz CT molecular complexity index is 706. The van der Waals surface area contributed by atoms with E-state index < -0.39 is 44.0 Å². The number of ether oxygens (including phenoxy) is 1. The minimum absolute atomic E-state index is 0. The summed E-state index contributed by atoms with van der Waals surface area (Å²) >= 11 is 0.437. The van der Waals surface area contributed by atoms with Gasteiger partial charge in [-0.1, -0.05) is 0 Å². The molecule has 128 valence electrons. The van der Waals surface area contributed by atoms with E-state index in [4.69, 9.17) is 0 Å². The van der Waals surface area contributed by atoms with Crippen LogP contribution in [0.2, 0.25) is 0 Å². The summed E-state index contributed by atoms with van der Waals surface area (Å²) in [4.78, 5) is 35.1. The summed E-state index contributed by atoms with van der Waals surface area (Å²) in [6.45, 7) is 4.16. The van der Waals surface area contributed by atoms with E-state index in [0.717, 1.165) is 4.90 Å². The molecule has 0 aliphatic carbocycles. The van der Waals surface area contributed by atoms with Crippen molar-refractivity contribution in [2.24, 2.45) is 4.40 Å². The molecule has 2 heterocycles. The fraction of sp³-hybridized carbons (Fsp3) is 0.636. The number of hydrogen-bond acceptors (Lipinski definition) is 9. The van der Waals surface area contributed by atoms with Crippen LogP contribution < -0.4 is 39.4 Å². The second-order valence-electron chi connectivity index (χ2n) is 5.33. The molecule has 2 aliphatic rings. The summed E-state index contributed by atoms with van der Waals surface area (Å²) in [7, 11) is -4.01. The number of rotatable bonds is 4. The summed E-state index contributed by atoms with van der Waals surface area (Å²) in [6, 6.07) is -1.59. The van der Waals surface area contributed by atoms with Crippen LogP contribution in [0.15, 0.2) is 4.40 Å². The summed E-state index contributed by atoms with van der Waals surface area (Å²) < 4.78 is 33.6. The fourth-order valence-electron chi connectivity index (χ4n) is 2.49. The number of carboxylic acid groups (broad SMARTS) is 1. The van der Waals surface area contributed by atoms with E-state index in [9.17, 15) is 27.9 Å². The predicted molar refractivity (Wildman–Crippen MR) is 77.6 cm³/mol. The Morgan fingerprint density at radius 1 is 1.46 bits per heavy atom. The Morgan fingerprint density at radius 3 is 2.54 bits per heavy atom. The molecule has 2 amide bonds. The van der Waals surface area contributed by atoms with Crippen molar-refractivity contribution in [3.05, 3.63) is 0 Å². The van der Waals surface area contributed by atoms with Gasteiger partial charge in [-0.2, -0.15) is 4.40 Å². The van der Waals surface area contributed by atoms with E-state index >= 15 is 0 Å². The van der Waals surface area contributed by atoms with Crippen molar-refractivity contribution >= 4 is 45.7 Å². The molecule has 2 saturated heterocycles. The first-order valence-corrected chi connectivity index (χ1v) is 8.83. The average Bonchev–Trinajstić information content (AvgIpc) is 2.57. The number of carbonyl (C=O) groups excluding carboxylic acids is 3. The van der Waals surface area contributed by atoms with Crippen molar-refractivity contribution in [3.63, 3.8) is 0 Å².